The van der Waals surface area contributed by atoms with Gasteiger partial charge in [-0.25, -0.2) is 0 Å². The van der Waals surface area contributed by atoms with Gasteiger partial charge >= 0.3 is 5.97 Å². The molecule has 36 heavy (non-hydrogen) atoms. The zero-order chi connectivity index (χ0) is 25.5. The third-order valence-electron chi connectivity index (χ3n) is 5.31. The first-order chi connectivity index (χ1) is 17.5. The largest absolute Gasteiger partial charge is 0.466 e. The zero-order valence-corrected chi connectivity index (χ0v) is 22.7. The van der Waals surface area contributed by atoms with E-state index in [0.29, 0.717) is 27.3 Å². The van der Waals surface area contributed by atoms with Gasteiger partial charge in [0, 0.05) is 27.9 Å². The minimum absolute atomic E-state index is 0.00338. The second-order valence-electron chi connectivity index (χ2n) is 7.74. The van der Waals surface area contributed by atoms with Crippen LogP contribution >= 0.6 is 39.0 Å². The summed E-state index contributed by atoms with van der Waals surface area (Å²) in [7, 11) is 0. The number of rotatable bonds is 9. The standard InChI is InChI=1S/C28H22BrN2O3S2/c1-2-34-24(32)16-23-25(31-14-4-3-5-15-31)28(35-18-20-8-6-19(17-30)7-9-20)36-27(23)26(33)21-10-12-22(29)13-11-21/h3-15H,2,16,18H2,1H3/q+1. The van der Waals surface area contributed by atoms with Gasteiger partial charge in [-0.15, -0.1) is 23.1 Å². The van der Waals surface area contributed by atoms with E-state index in [9.17, 15) is 9.59 Å². The lowest BCUT2D eigenvalue weighted by Gasteiger charge is -2.06. The van der Waals surface area contributed by atoms with Gasteiger partial charge in [0.2, 0.25) is 11.5 Å². The molecular weight excluding hydrogens is 556 g/mol. The number of thioether (sulfide) groups is 1. The topological polar surface area (TPSA) is 71.0 Å². The molecule has 0 N–H and O–H groups in total. The fourth-order valence-corrected chi connectivity index (χ4v) is 6.40. The van der Waals surface area contributed by atoms with Crippen molar-refractivity contribution in [2.24, 2.45) is 0 Å². The summed E-state index contributed by atoms with van der Waals surface area (Å²) in [6, 6.07) is 22.6. The van der Waals surface area contributed by atoms with Crippen molar-refractivity contribution in [1.29, 1.82) is 5.26 Å². The second kappa shape index (κ2) is 12.1. The average molecular weight is 579 g/mol. The molecule has 0 saturated carbocycles. The lowest BCUT2D eigenvalue weighted by molar-refractivity contribution is -0.598. The summed E-state index contributed by atoms with van der Waals surface area (Å²) in [6.07, 6.45) is 3.82. The summed E-state index contributed by atoms with van der Waals surface area (Å²) >= 11 is 6.42. The van der Waals surface area contributed by atoms with Gasteiger partial charge in [-0.1, -0.05) is 34.1 Å². The summed E-state index contributed by atoms with van der Waals surface area (Å²) in [5, 5.41) is 9.07. The number of aromatic nitrogens is 1. The molecule has 0 fully saturated rings. The Kier molecular flexibility index (Phi) is 8.70. The van der Waals surface area contributed by atoms with Crippen molar-refractivity contribution in [2.75, 3.05) is 6.61 Å². The summed E-state index contributed by atoms with van der Waals surface area (Å²) in [5.74, 6) is 0.147. The first-order valence-corrected chi connectivity index (χ1v) is 13.8. The van der Waals surface area contributed by atoms with Crippen LogP contribution in [-0.4, -0.2) is 18.4 Å². The minimum atomic E-state index is -0.374. The molecule has 5 nitrogen and oxygen atoms in total. The summed E-state index contributed by atoms with van der Waals surface area (Å²) in [6.45, 7) is 2.04. The van der Waals surface area contributed by atoms with Gasteiger partial charge in [0.25, 0.3) is 0 Å². The molecule has 0 amide bonds. The van der Waals surface area contributed by atoms with Gasteiger partial charge in [-0.2, -0.15) is 9.83 Å². The first-order valence-electron chi connectivity index (χ1n) is 11.2. The molecule has 0 aliphatic rings. The number of benzene rings is 2. The summed E-state index contributed by atoms with van der Waals surface area (Å²) in [5.41, 5.74) is 3.69. The molecule has 0 atom stereocenters. The van der Waals surface area contributed by atoms with Crippen molar-refractivity contribution in [3.8, 4) is 11.8 Å². The van der Waals surface area contributed by atoms with Crippen LogP contribution in [0.2, 0.25) is 0 Å². The highest BCUT2D eigenvalue weighted by Crippen LogP contribution is 2.40. The zero-order valence-electron chi connectivity index (χ0n) is 19.4. The Morgan fingerprint density at radius 1 is 1.06 bits per heavy atom. The highest BCUT2D eigenvalue weighted by atomic mass is 79.9. The molecule has 0 aliphatic heterocycles. The van der Waals surface area contributed by atoms with E-state index >= 15 is 0 Å². The molecule has 0 spiro atoms. The first kappa shape index (κ1) is 25.8. The van der Waals surface area contributed by atoms with Crippen LogP contribution in [0.4, 0.5) is 0 Å². The maximum Gasteiger partial charge on any atom is 0.310 e. The molecule has 0 bridgehead atoms. The Morgan fingerprint density at radius 2 is 1.75 bits per heavy atom. The molecule has 0 aliphatic carbocycles. The highest BCUT2D eigenvalue weighted by Gasteiger charge is 2.31. The van der Waals surface area contributed by atoms with Gasteiger partial charge in [0.15, 0.2) is 12.4 Å². The van der Waals surface area contributed by atoms with Crippen LogP contribution in [0.5, 0.6) is 0 Å². The van der Waals surface area contributed by atoms with E-state index in [4.69, 9.17) is 10.00 Å². The van der Waals surface area contributed by atoms with Crippen molar-refractivity contribution >= 4 is 50.8 Å². The number of hydrogen-bond donors (Lipinski definition) is 0. The predicted octanol–water partition coefficient (Wildman–Crippen LogP) is 6.29. The van der Waals surface area contributed by atoms with E-state index in [1.807, 2.05) is 59.4 Å². The monoisotopic (exact) mass is 577 g/mol. The summed E-state index contributed by atoms with van der Waals surface area (Å²) < 4.78 is 9.02. The Balaban J connectivity index is 1.80. The van der Waals surface area contributed by atoms with Crippen molar-refractivity contribution < 1.29 is 18.9 Å². The number of esters is 1. The molecular formula is C28H22BrN2O3S2+. The number of ketones is 1. The number of pyridine rings is 1. The van der Waals surface area contributed by atoms with Crippen molar-refractivity contribution in [1.82, 2.24) is 0 Å². The molecule has 0 radical (unpaired) electrons. The molecule has 0 unspecified atom stereocenters. The van der Waals surface area contributed by atoms with Crippen molar-refractivity contribution in [2.45, 2.75) is 23.3 Å². The number of thiophene rings is 1. The van der Waals surface area contributed by atoms with E-state index in [1.54, 1.807) is 43.0 Å². The Morgan fingerprint density at radius 3 is 2.39 bits per heavy atom. The Bertz CT molecular complexity index is 1410. The number of ether oxygens (including phenoxy) is 1. The Labute approximate surface area is 226 Å². The molecule has 2 heterocycles. The maximum atomic E-state index is 13.7. The molecule has 4 rings (SSSR count). The van der Waals surface area contributed by atoms with E-state index < -0.39 is 0 Å². The number of hydrogen-bond acceptors (Lipinski definition) is 6. The normalized spacial score (nSPS) is 10.6. The highest BCUT2D eigenvalue weighted by molar-refractivity contribution is 9.10. The summed E-state index contributed by atoms with van der Waals surface area (Å²) in [4.78, 5) is 26.8. The van der Waals surface area contributed by atoms with Gasteiger partial charge in [-0.05, 0) is 48.9 Å². The number of nitriles is 1. The van der Waals surface area contributed by atoms with Crippen LogP contribution in [0.15, 0.2) is 87.8 Å². The van der Waals surface area contributed by atoms with Crippen LogP contribution < -0.4 is 4.57 Å². The van der Waals surface area contributed by atoms with Crippen molar-refractivity contribution in [3.63, 3.8) is 0 Å². The van der Waals surface area contributed by atoms with Gasteiger partial charge in [0.1, 0.15) is 4.21 Å². The van der Waals surface area contributed by atoms with E-state index in [2.05, 4.69) is 22.0 Å². The maximum absolute atomic E-state index is 13.7. The third-order valence-corrected chi connectivity index (χ3v) is 8.39. The van der Waals surface area contributed by atoms with Gasteiger partial charge in [0.05, 0.1) is 35.1 Å². The van der Waals surface area contributed by atoms with Crippen LogP contribution in [-0.2, 0) is 21.7 Å². The lowest BCUT2D eigenvalue weighted by atomic mass is 10.0. The fourth-order valence-electron chi connectivity index (χ4n) is 3.60. The Hall–Kier alpha value is -3.25. The van der Waals surface area contributed by atoms with E-state index in [1.165, 1.54) is 11.3 Å². The van der Waals surface area contributed by atoms with Crippen LogP contribution in [0.25, 0.3) is 5.69 Å². The van der Waals surface area contributed by atoms with Crippen molar-refractivity contribution in [3.05, 3.63) is 111 Å². The fraction of sp³-hybridized carbons (Fsp3) is 0.143. The molecule has 0 saturated heterocycles. The predicted molar refractivity (Wildman–Crippen MR) is 144 cm³/mol. The van der Waals surface area contributed by atoms with E-state index in [-0.39, 0.29) is 24.8 Å². The third kappa shape index (κ3) is 6.11. The average Bonchev–Trinajstić information content (AvgIpc) is 3.26. The SMILES string of the molecule is CCOC(=O)Cc1c(C(=O)c2ccc(Br)cc2)sc(SCc2ccc(C#N)cc2)c1-[n+]1ccccc1. The molecule has 8 heteroatoms. The van der Waals surface area contributed by atoms with Crippen LogP contribution in [0.3, 0.4) is 0 Å². The van der Waals surface area contributed by atoms with Gasteiger partial charge in [-0.3, -0.25) is 9.59 Å². The molecule has 180 valence electrons. The minimum Gasteiger partial charge on any atom is -0.466 e. The number of carbonyl (C=O) groups excluding carboxylic acids is 2. The quantitative estimate of drug-likeness (QED) is 0.101. The molecule has 4 aromatic rings. The number of nitrogens with zero attached hydrogens (tertiary/aromatic N) is 2. The van der Waals surface area contributed by atoms with Crippen LogP contribution in [0, 0.1) is 11.3 Å². The lowest BCUT2D eigenvalue weighted by Crippen LogP contribution is -2.31. The van der Waals surface area contributed by atoms with E-state index in [0.717, 1.165) is 19.9 Å². The van der Waals surface area contributed by atoms with Gasteiger partial charge < -0.3 is 4.74 Å². The van der Waals surface area contributed by atoms with Crippen LogP contribution in [0.1, 0.15) is 38.8 Å². The molecule has 2 aromatic carbocycles. The molecule has 2 aromatic heterocycles. The number of halogens is 1. The second-order valence-corrected chi connectivity index (χ2v) is 10.9. The number of carbonyl (C=O) groups is 2. The smallest absolute Gasteiger partial charge is 0.310 e.